The molecule has 20 heavy (non-hydrogen) atoms. The molecule has 0 radical (unpaired) electrons. The number of nitrogens with zero attached hydrogens (tertiary/aromatic N) is 1. The zero-order chi connectivity index (χ0) is 15.0. The first kappa shape index (κ1) is 15.0. The molecule has 2 heterocycles. The van der Waals surface area contributed by atoms with E-state index in [-0.39, 0.29) is 18.4 Å². The molecule has 0 aromatic carbocycles. The maximum absolute atomic E-state index is 12.5. The fraction of sp³-hybridized carbons (Fsp3) is 0.733. The van der Waals surface area contributed by atoms with Gasteiger partial charge in [-0.3, -0.25) is 9.69 Å². The number of rotatable bonds is 3. The molecule has 0 bridgehead atoms. The summed E-state index contributed by atoms with van der Waals surface area (Å²) in [6.45, 7) is 7.12. The average molecular weight is 281 g/mol. The van der Waals surface area contributed by atoms with Crippen LogP contribution in [0.4, 0.5) is 0 Å². The molecule has 0 spiro atoms. The molecule has 0 amide bonds. The van der Waals surface area contributed by atoms with Crippen molar-refractivity contribution >= 4 is 11.9 Å². The van der Waals surface area contributed by atoms with Crippen LogP contribution in [0.25, 0.3) is 0 Å². The predicted octanol–water partition coefficient (Wildman–Crippen LogP) is 1.67. The lowest BCUT2D eigenvalue weighted by Crippen LogP contribution is -2.48. The fourth-order valence-corrected chi connectivity index (χ4v) is 2.93. The molecule has 0 aromatic heterocycles. The Balaban J connectivity index is 2.18. The van der Waals surface area contributed by atoms with Gasteiger partial charge in [-0.05, 0) is 45.7 Å². The van der Waals surface area contributed by atoms with Crippen LogP contribution in [0.5, 0.6) is 0 Å². The molecular weight excluding hydrogens is 258 g/mol. The Morgan fingerprint density at radius 1 is 1.40 bits per heavy atom. The zero-order valence-electron chi connectivity index (χ0n) is 12.7. The maximum Gasteiger partial charge on any atom is 0.331 e. The van der Waals surface area contributed by atoms with E-state index in [2.05, 4.69) is 4.90 Å². The van der Waals surface area contributed by atoms with Crippen LogP contribution in [0.2, 0.25) is 0 Å². The first-order chi connectivity index (χ1) is 9.27. The van der Waals surface area contributed by atoms with Gasteiger partial charge in [-0.1, -0.05) is 6.08 Å². The molecule has 5 nitrogen and oxygen atoms in total. The average Bonchev–Trinajstić information content (AvgIpc) is 2.83. The van der Waals surface area contributed by atoms with E-state index in [1.807, 2.05) is 26.8 Å². The Kier molecular flexibility index (Phi) is 3.91. The molecule has 1 atom stereocenters. The van der Waals surface area contributed by atoms with E-state index >= 15 is 0 Å². The minimum atomic E-state index is -0.670. The SMILES string of the molecule is COC(=O)CC1=CC2(C(=O)OC(C)(C)C)CCCN2C1. The number of esters is 2. The zero-order valence-corrected chi connectivity index (χ0v) is 12.7. The van der Waals surface area contributed by atoms with Crippen molar-refractivity contribution in [2.75, 3.05) is 20.2 Å². The molecule has 2 aliphatic heterocycles. The summed E-state index contributed by atoms with van der Waals surface area (Å²) < 4.78 is 10.3. The molecule has 2 rings (SSSR count). The summed E-state index contributed by atoms with van der Waals surface area (Å²) in [6.07, 6.45) is 3.90. The van der Waals surface area contributed by atoms with E-state index in [4.69, 9.17) is 9.47 Å². The van der Waals surface area contributed by atoms with Crippen LogP contribution in [0.15, 0.2) is 11.6 Å². The predicted molar refractivity (Wildman–Crippen MR) is 74.1 cm³/mol. The highest BCUT2D eigenvalue weighted by Gasteiger charge is 2.51. The Hall–Kier alpha value is -1.36. The number of carbonyl (C=O) groups excluding carboxylic acids is 2. The summed E-state index contributed by atoms with van der Waals surface area (Å²) >= 11 is 0. The topological polar surface area (TPSA) is 55.8 Å². The summed E-state index contributed by atoms with van der Waals surface area (Å²) in [4.78, 5) is 26.0. The molecule has 0 aromatic rings. The van der Waals surface area contributed by atoms with Gasteiger partial charge in [-0.25, -0.2) is 4.79 Å². The first-order valence-corrected chi connectivity index (χ1v) is 7.03. The number of hydrogen-bond acceptors (Lipinski definition) is 5. The lowest BCUT2D eigenvalue weighted by molar-refractivity contribution is -0.164. The van der Waals surface area contributed by atoms with E-state index in [9.17, 15) is 9.59 Å². The molecule has 1 saturated heterocycles. The van der Waals surface area contributed by atoms with Gasteiger partial charge in [0.25, 0.3) is 0 Å². The van der Waals surface area contributed by atoms with E-state index in [1.165, 1.54) is 7.11 Å². The number of fused-ring (bicyclic) bond motifs is 1. The second-order valence-electron chi connectivity index (χ2n) is 6.51. The molecule has 0 N–H and O–H groups in total. The summed E-state index contributed by atoms with van der Waals surface area (Å²) in [5.41, 5.74) is -0.224. The van der Waals surface area contributed by atoms with Crippen LogP contribution in [-0.2, 0) is 19.1 Å². The van der Waals surface area contributed by atoms with Crippen molar-refractivity contribution in [1.82, 2.24) is 4.90 Å². The van der Waals surface area contributed by atoms with Gasteiger partial charge in [-0.2, -0.15) is 0 Å². The van der Waals surface area contributed by atoms with Crippen molar-refractivity contribution in [2.24, 2.45) is 0 Å². The van der Waals surface area contributed by atoms with Crippen molar-refractivity contribution in [2.45, 2.75) is 51.2 Å². The highest BCUT2D eigenvalue weighted by molar-refractivity contribution is 5.86. The lowest BCUT2D eigenvalue weighted by Gasteiger charge is -2.32. The van der Waals surface area contributed by atoms with Gasteiger partial charge in [0, 0.05) is 6.54 Å². The third kappa shape index (κ3) is 2.87. The smallest absolute Gasteiger partial charge is 0.331 e. The van der Waals surface area contributed by atoms with Crippen molar-refractivity contribution in [3.8, 4) is 0 Å². The van der Waals surface area contributed by atoms with Crippen molar-refractivity contribution in [3.05, 3.63) is 11.6 Å². The summed E-state index contributed by atoms with van der Waals surface area (Å²) in [5.74, 6) is -0.473. The Morgan fingerprint density at radius 2 is 2.10 bits per heavy atom. The molecule has 2 aliphatic rings. The third-order valence-electron chi connectivity index (χ3n) is 3.74. The van der Waals surface area contributed by atoms with Crippen LogP contribution < -0.4 is 0 Å². The van der Waals surface area contributed by atoms with Crippen LogP contribution in [0.3, 0.4) is 0 Å². The van der Waals surface area contributed by atoms with E-state index in [0.29, 0.717) is 6.54 Å². The molecular formula is C15H23NO4. The van der Waals surface area contributed by atoms with Gasteiger partial charge in [0.15, 0.2) is 0 Å². The van der Waals surface area contributed by atoms with Crippen LogP contribution in [-0.4, -0.2) is 48.2 Å². The quantitative estimate of drug-likeness (QED) is 0.582. The van der Waals surface area contributed by atoms with Crippen molar-refractivity contribution in [3.63, 3.8) is 0 Å². The van der Waals surface area contributed by atoms with Gasteiger partial charge in [0.05, 0.1) is 13.5 Å². The minimum Gasteiger partial charge on any atom is -0.469 e. The van der Waals surface area contributed by atoms with Crippen LogP contribution in [0, 0.1) is 0 Å². The molecule has 112 valence electrons. The molecule has 1 unspecified atom stereocenters. The summed E-state index contributed by atoms with van der Waals surface area (Å²) in [6, 6.07) is 0. The van der Waals surface area contributed by atoms with Gasteiger partial charge < -0.3 is 9.47 Å². The van der Waals surface area contributed by atoms with Crippen LogP contribution >= 0.6 is 0 Å². The highest BCUT2D eigenvalue weighted by atomic mass is 16.6. The minimum absolute atomic E-state index is 0.206. The number of methoxy groups -OCH3 is 1. The van der Waals surface area contributed by atoms with E-state index < -0.39 is 11.1 Å². The maximum atomic E-state index is 12.5. The largest absolute Gasteiger partial charge is 0.469 e. The summed E-state index contributed by atoms with van der Waals surface area (Å²) in [7, 11) is 1.38. The number of ether oxygens (including phenoxy) is 2. The van der Waals surface area contributed by atoms with Gasteiger partial charge >= 0.3 is 11.9 Å². The van der Waals surface area contributed by atoms with Gasteiger partial charge in [0.2, 0.25) is 0 Å². The molecule has 5 heteroatoms. The lowest BCUT2D eigenvalue weighted by atomic mass is 9.96. The Bertz CT molecular complexity index is 449. The second-order valence-corrected chi connectivity index (χ2v) is 6.51. The third-order valence-corrected chi connectivity index (χ3v) is 3.74. The monoisotopic (exact) mass is 281 g/mol. The van der Waals surface area contributed by atoms with E-state index in [1.54, 1.807) is 0 Å². The van der Waals surface area contributed by atoms with Gasteiger partial charge in [-0.15, -0.1) is 0 Å². The molecule has 0 saturated carbocycles. The Morgan fingerprint density at radius 3 is 2.70 bits per heavy atom. The highest BCUT2D eigenvalue weighted by Crippen LogP contribution is 2.39. The van der Waals surface area contributed by atoms with E-state index in [0.717, 1.165) is 25.0 Å². The normalized spacial score (nSPS) is 26.1. The van der Waals surface area contributed by atoms with Crippen LogP contribution in [0.1, 0.15) is 40.0 Å². The van der Waals surface area contributed by atoms with Crippen molar-refractivity contribution in [1.29, 1.82) is 0 Å². The van der Waals surface area contributed by atoms with Gasteiger partial charge in [0.1, 0.15) is 11.1 Å². The number of carbonyl (C=O) groups is 2. The number of hydrogen-bond donors (Lipinski definition) is 0. The molecule has 1 fully saturated rings. The first-order valence-electron chi connectivity index (χ1n) is 7.03. The Labute approximate surface area is 119 Å². The fourth-order valence-electron chi connectivity index (χ4n) is 2.93. The standard InChI is InChI=1S/C15H23NO4/c1-14(2,3)20-13(18)15-6-5-7-16(15)10-11(9-15)8-12(17)19-4/h9H,5-8,10H2,1-4H3. The second kappa shape index (κ2) is 5.20. The molecule has 0 aliphatic carbocycles. The summed E-state index contributed by atoms with van der Waals surface area (Å²) in [5, 5.41) is 0. The van der Waals surface area contributed by atoms with Crippen molar-refractivity contribution < 1.29 is 19.1 Å².